The maximum atomic E-state index is 5.94. The molecule has 0 fully saturated rings. The van der Waals surface area contributed by atoms with E-state index in [1.54, 1.807) is 35.0 Å². The molecule has 3 rings (SSSR count). The zero-order valence-electron chi connectivity index (χ0n) is 11.1. The molecule has 2 aromatic heterocycles. The Morgan fingerprint density at radius 1 is 1.14 bits per heavy atom. The number of nitrogens with zero attached hydrogens (tertiary/aromatic N) is 5. The third-order valence-corrected chi connectivity index (χ3v) is 3.59. The Morgan fingerprint density at radius 2 is 1.95 bits per heavy atom. The fourth-order valence-electron chi connectivity index (χ4n) is 1.69. The molecule has 1 N–H and O–H groups in total. The van der Waals surface area contributed by atoms with E-state index in [1.165, 1.54) is 4.90 Å². The molecule has 1 aromatic carbocycles. The van der Waals surface area contributed by atoms with Gasteiger partial charge in [0.2, 0.25) is 17.2 Å². The first kappa shape index (κ1) is 13.8. The first-order valence-electron chi connectivity index (χ1n) is 6.05. The quantitative estimate of drug-likeness (QED) is 0.745. The molecule has 21 heavy (non-hydrogen) atoms. The third kappa shape index (κ3) is 3.32. The number of halogens is 1. The minimum atomic E-state index is 0.122. The van der Waals surface area contributed by atoms with Crippen molar-refractivity contribution < 1.29 is 0 Å². The summed E-state index contributed by atoms with van der Waals surface area (Å²) < 4.78 is 1.66. The van der Waals surface area contributed by atoms with E-state index in [0.29, 0.717) is 11.9 Å². The number of benzene rings is 1. The predicted octanol–water partition coefficient (Wildman–Crippen LogP) is 3.18. The van der Waals surface area contributed by atoms with Crippen LogP contribution in [0.25, 0.3) is 5.95 Å². The zero-order chi connectivity index (χ0) is 14.7. The summed E-state index contributed by atoms with van der Waals surface area (Å²) in [7, 11) is 0. The maximum absolute atomic E-state index is 5.94. The van der Waals surface area contributed by atoms with Crippen molar-refractivity contribution in [3.63, 3.8) is 0 Å². The summed E-state index contributed by atoms with van der Waals surface area (Å²) in [6, 6.07) is 7.96. The Kier molecular flexibility index (Phi) is 4.03. The van der Waals surface area contributed by atoms with E-state index in [-0.39, 0.29) is 5.28 Å². The number of thioether (sulfide) groups is 1. The Balaban J connectivity index is 1.88. The van der Waals surface area contributed by atoms with Crippen LogP contribution in [0.15, 0.2) is 47.9 Å². The zero-order valence-corrected chi connectivity index (χ0v) is 12.6. The van der Waals surface area contributed by atoms with E-state index in [4.69, 9.17) is 11.6 Å². The van der Waals surface area contributed by atoms with Crippen LogP contribution >= 0.6 is 23.4 Å². The molecule has 0 saturated carbocycles. The number of hydrogen-bond acceptors (Lipinski definition) is 6. The molecule has 6 nitrogen and oxygen atoms in total. The second-order valence-corrected chi connectivity index (χ2v) is 5.27. The highest BCUT2D eigenvalue weighted by Crippen LogP contribution is 2.20. The Bertz CT molecular complexity index is 729. The molecule has 0 aliphatic carbocycles. The van der Waals surface area contributed by atoms with Crippen molar-refractivity contribution in [3.8, 4) is 5.95 Å². The van der Waals surface area contributed by atoms with Crippen LogP contribution in [0.5, 0.6) is 0 Å². The van der Waals surface area contributed by atoms with Gasteiger partial charge in [-0.2, -0.15) is 15.0 Å². The molecular formula is C13H11ClN6S. The summed E-state index contributed by atoms with van der Waals surface area (Å²) in [5.74, 6) is 0.798. The normalized spacial score (nSPS) is 10.6. The van der Waals surface area contributed by atoms with Crippen LogP contribution < -0.4 is 5.32 Å². The van der Waals surface area contributed by atoms with Gasteiger partial charge < -0.3 is 5.32 Å². The molecular weight excluding hydrogens is 308 g/mol. The number of hydrogen-bond donors (Lipinski definition) is 1. The van der Waals surface area contributed by atoms with Crippen LogP contribution in [0.2, 0.25) is 5.28 Å². The predicted molar refractivity (Wildman–Crippen MR) is 83.5 cm³/mol. The first-order valence-corrected chi connectivity index (χ1v) is 7.66. The van der Waals surface area contributed by atoms with Crippen LogP contribution in [0.3, 0.4) is 0 Å². The second kappa shape index (κ2) is 6.11. The van der Waals surface area contributed by atoms with Crippen molar-refractivity contribution in [2.45, 2.75) is 4.90 Å². The van der Waals surface area contributed by atoms with Gasteiger partial charge in [-0.25, -0.2) is 4.98 Å². The highest BCUT2D eigenvalue weighted by molar-refractivity contribution is 7.98. The average molecular weight is 319 g/mol. The lowest BCUT2D eigenvalue weighted by Crippen LogP contribution is -2.05. The first-order chi connectivity index (χ1) is 10.2. The van der Waals surface area contributed by atoms with Crippen molar-refractivity contribution in [2.75, 3.05) is 11.6 Å². The van der Waals surface area contributed by atoms with Crippen LogP contribution in [0.4, 0.5) is 11.6 Å². The van der Waals surface area contributed by atoms with Gasteiger partial charge in [0, 0.05) is 23.0 Å². The number of nitrogens with one attached hydrogen (secondary N) is 1. The monoisotopic (exact) mass is 318 g/mol. The summed E-state index contributed by atoms with van der Waals surface area (Å²) in [5, 5.41) is 3.23. The molecule has 0 aliphatic heterocycles. The van der Waals surface area contributed by atoms with Crippen molar-refractivity contribution in [1.29, 1.82) is 0 Å². The highest BCUT2D eigenvalue weighted by Gasteiger charge is 2.07. The standard InChI is InChI=1S/C13H11ClN6S/c1-21-10-4-2-9(3-5-10)16-12-17-11(14)18-13(19-12)20-7-6-15-8-20/h2-8H,1H3,(H,16,17,18,19). The molecule has 2 heterocycles. The molecule has 0 atom stereocenters. The molecule has 0 amide bonds. The van der Waals surface area contributed by atoms with Crippen molar-refractivity contribution >= 4 is 35.0 Å². The smallest absolute Gasteiger partial charge is 0.241 e. The van der Waals surface area contributed by atoms with E-state index >= 15 is 0 Å². The molecule has 0 radical (unpaired) electrons. The van der Waals surface area contributed by atoms with Gasteiger partial charge >= 0.3 is 0 Å². The van der Waals surface area contributed by atoms with E-state index in [2.05, 4.69) is 25.3 Å². The fourth-order valence-corrected chi connectivity index (χ4v) is 2.26. The lowest BCUT2D eigenvalue weighted by Gasteiger charge is -2.07. The van der Waals surface area contributed by atoms with E-state index in [0.717, 1.165) is 5.69 Å². The topological polar surface area (TPSA) is 68.5 Å². The minimum Gasteiger partial charge on any atom is -0.324 e. The Hall–Kier alpha value is -2.12. The Labute approximate surface area is 130 Å². The van der Waals surface area contributed by atoms with Crippen molar-refractivity contribution in [2.24, 2.45) is 0 Å². The second-order valence-electron chi connectivity index (χ2n) is 4.05. The van der Waals surface area contributed by atoms with Gasteiger partial charge in [0.1, 0.15) is 6.33 Å². The summed E-state index contributed by atoms with van der Waals surface area (Å²) in [6.45, 7) is 0. The summed E-state index contributed by atoms with van der Waals surface area (Å²) >= 11 is 7.63. The molecule has 0 saturated heterocycles. The number of imidazole rings is 1. The highest BCUT2D eigenvalue weighted by atomic mass is 35.5. The number of anilines is 2. The van der Waals surface area contributed by atoms with Gasteiger partial charge in [-0.05, 0) is 42.1 Å². The summed E-state index contributed by atoms with van der Waals surface area (Å²) in [5.41, 5.74) is 0.881. The summed E-state index contributed by atoms with van der Waals surface area (Å²) in [6.07, 6.45) is 7.02. The molecule has 0 bridgehead atoms. The molecule has 8 heteroatoms. The molecule has 0 aliphatic rings. The summed E-state index contributed by atoms with van der Waals surface area (Å²) in [4.78, 5) is 17.6. The van der Waals surface area contributed by atoms with Crippen molar-refractivity contribution in [1.82, 2.24) is 24.5 Å². The number of aromatic nitrogens is 5. The van der Waals surface area contributed by atoms with Gasteiger partial charge in [0.25, 0.3) is 0 Å². The molecule has 106 valence electrons. The van der Waals surface area contributed by atoms with Crippen LogP contribution in [0, 0.1) is 0 Å². The molecule has 0 spiro atoms. The number of rotatable bonds is 4. The SMILES string of the molecule is CSc1ccc(Nc2nc(Cl)nc(-n3ccnc3)n2)cc1. The Morgan fingerprint density at radius 3 is 2.62 bits per heavy atom. The van der Waals surface area contributed by atoms with E-state index in [1.807, 2.05) is 30.5 Å². The fraction of sp³-hybridized carbons (Fsp3) is 0.0769. The molecule has 3 aromatic rings. The van der Waals surface area contributed by atoms with Gasteiger partial charge in [-0.15, -0.1) is 11.8 Å². The molecule has 0 unspecified atom stereocenters. The average Bonchev–Trinajstić information content (AvgIpc) is 3.02. The largest absolute Gasteiger partial charge is 0.324 e. The van der Waals surface area contributed by atoms with Crippen LogP contribution in [-0.4, -0.2) is 30.8 Å². The van der Waals surface area contributed by atoms with Crippen LogP contribution in [-0.2, 0) is 0 Å². The van der Waals surface area contributed by atoms with Gasteiger partial charge in [-0.1, -0.05) is 0 Å². The lowest BCUT2D eigenvalue weighted by molar-refractivity contribution is 0.899. The van der Waals surface area contributed by atoms with E-state index < -0.39 is 0 Å². The van der Waals surface area contributed by atoms with Gasteiger partial charge in [-0.3, -0.25) is 4.57 Å². The van der Waals surface area contributed by atoms with Crippen molar-refractivity contribution in [3.05, 3.63) is 48.3 Å². The van der Waals surface area contributed by atoms with Gasteiger partial charge in [0.05, 0.1) is 0 Å². The van der Waals surface area contributed by atoms with Gasteiger partial charge in [0.15, 0.2) is 0 Å². The van der Waals surface area contributed by atoms with E-state index in [9.17, 15) is 0 Å². The van der Waals surface area contributed by atoms with Crippen LogP contribution in [0.1, 0.15) is 0 Å². The third-order valence-electron chi connectivity index (χ3n) is 2.68. The lowest BCUT2D eigenvalue weighted by atomic mass is 10.3. The minimum absolute atomic E-state index is 0.122. The maximum Gasteiger partial charge on any atom is 0.241 e.